The van der Waals surface area contributed by atoms with E-state index in [4.69, 9.17) is 20.5 Å². The molecule has 0 aliphatic rings. The van der Waals surface area contributed by atoms with Crippen LogP contribution >= 0.6 is 0 Å². The predicted octanol–water partition coefficient (Wildman–Crippen LogP) is 2.86. The first-order valence-electron chi connectivity index (χ1n) is 9.32. The SMILES string of the molecule is COc1ccc2cc([C@H](C)C(=O)O[C@@H](c3cnc(N)c(C#N)n3)[C@H](C)O)ccc2c1. The summed E-state index contributed by atoms with van der Waals surface area (Å²) in [5, 5.41) is 21.2. The van der Waals surface area contributed by atoms with E-state index < -0.39 is 24.1 Å². The molecule has 30 heavy (non-hydrogen) atoms. The highest BCUT2D eigenvalue weighted by Crippen LogP contribution is 2.28. The van der Waals surface area contributed by atoms with Gasteiger partial charge in [-0.3, -0.25) is 4.79 Å². The summed E-state index contributed by atoms with van der Waals surface area (Å²) in [5.74, 6) is -0.400. The van der Waals surface area contributed by atoms with Crippen LogP contribution in [0.5, 0.6) is 5.75 Å². The predicted molar refractivity (Wildman–Crippen MR) is 111 cm³/mol. The molecule has 1 aromatic heterocycles. The van der Waals surface area contributed by atoms with E-state index in [2.05, 4.69) is 9.97 Å². The Kier molecular flexibility index (Phi) is 6.14. The van der Waals surface area contributed by atoms with Gasteiger partial charge in [0.1, 0.15) is 17.5 Å². The number of aromatic nitrogens is 2. The van der Waals surface area contributed by atoms with Crippen molar-refractivity contribution in [3.63, 3.8) is 0 Å². The highest BCUT2D eigenvalue weighted by molar-refractivity contribution is 5.86. The molecule has 0 fully saturated rings. The zero-order chi connectivity index (χ0) is 21.8. The second-order valence-corrected chi connectivity index (χ2v) is 6.93. The van der Waals surface area contributed by atoms with Gasteiger partial charge in [-0.25, -0.2) is 9.97 Å². The van der Waals surface area contributed by atoms with Crippen molar-refractivity contribution >= 4 is 22.6 Å². The Morgan fingerprint density at radius 1 is 1.20 bits per heavy atom. The van der Waals surface area contributed by atoms with Gasteiger partial charge in [0.2, 0.25) is 0 Å². The summed E-state index contributed by atoms with van der Waals surface area (Å²) in [4.78, 5) is 20.7. The third-order valence-corrected chi connectivity index (χ3v) is 4.82. The fraction of sp³-hybridized carbons (Fsp3) is 0.273. The number of nitrogen functional groups attached to an aromatic ring is 1. The molecule has 0 amide bonds. The van der Waals surface area contributed by atoms with E-state index in [0.29, 0.717) is 0 Å². The minimum atomic E-state index is -1.08. The number of benzene rings is 2. The van der Waals surface area contributed by atoms with Crippen LogP contribution in [0.25, 0.3) is 10.8 Å². The van der Waals surface area contributed by atoms with Gasteiger partial charge in [-0.15, -0.1) is 0 Å². The average molecular weight is 406 g/mol. The molecule has 3 atom stereocenters. The molecule has 1 heterocycles. The van der Waals surface area contributed by atoms with Crippen LogP contribution in [-0.2, 0) is 9.53 Å². The Hall–Kier alpha value is -3.70. The number of anilines is 1. The van der Waals surface area contributed by atoms with E-state index in [9.17, 15) is 9.90 Å². The van der Waals surface area contributed by atoms with Gasteiger partial charge in [-0.05, 0) is 42.3 Å². The first-order chi connectivity index (χ1) is 14.3. The number of nitrogens with zero attached hydrogens (tertiary/aromatic N) is 3. The molecule has 8 nitrogen and oxygen atoms in total. The summed E-state index contributed by atoms with van der Waals surface area (Å²) < 4.78 is 10.8. The number of rotatable bonds is 6. The summed E-state index contributed by atoms with van der Waals surface area (Å²) in [7, 11) is 1.61. The quantitative estimate of drug-likeness (QED) is 0.597. The molecule has 0 spiro atoms. The first-order valence-corrected chi connectivity index (χ1v) is 9.32. The van der Waals surface area contributed by atoms with Crippen molar-refractivity contribution in [3.05, 3.63) is 59.5 Å². The summed E-state index contributed by atoms with van der Waals surface area (Å²) in [6, 6.07) is 13.2. The Morgan fingerprint density at radius 3 is 2.57 bits per heavy atom. The number of esters is 1. The van der Waals surface area contributed by atoms with Gasteiger partial charge >= 0.3 is 5.97 Å². The number of nitriles is 1. The number of hydrogen-bond acceptors (Lipinski definition) is 8. The fourth-order valence-corrected chi connectivity index (χ4v) is 3.04. The minimum Gasteiger partial charge on any atom is -0.497 e. The van der Waals surface area contributed by atoms with Gasteiger partial charge in [-0.2, -0.15) is 5.26 Å². The highest BCUT2D eigenvalue weighted by Gasteiger charge is 2.28. The van der Waals surface area contributed by atoms with Crippen LogP contribution in [0.3, 0.4) is 0 Å². The number of fused-ring (bicyclic) bond motifs is 1. The van der Waals surface area contributed by atoms with Crippen LogP contribution in [0, 0.1) is 11.3 Å². The van der Waals surface area contributed by atoms with Crippen LogP contribution in [-0.4, -0.2) is 34.3 Å². The van der Waals surface area contributed by atoms with Gasteiger partial charge < -0.3 is 20.3 Å². The lowest BCUT2D eigenvalue weighted by atomic mass is 9.97. The van der Waals surface area contributed by atoms with E-state index in [-0.39, 0.29) is 17.2 Å². The van der Waals surface area contributed by atoms with Gasteiger partial charge in [0.05, 0.1) is 25.3 Å². The van der Waals surface area contributed by atoms with Crippen LogP contribution in [0.1, 0.15) is 42.8 Å². The van der Waals surface area contributed by atoms with Crippen molar-refractivity contribution in [2.24, 2.45) is 0 Å². The summed E-state index contributed by atoms with van der Waals surface area (Å²) >= 11 is 0. The maximum atomic E-state index is 12.8. The zero-order valence-electron chi connectivity index (χ0n) is 16.9. The van der Waals surface area contributed by atoms with Crippen molar-refractivity contribution in [2.45, 2.75) is 32.0 Å². The lowest BCUT2D eigenvalue weighted by Gasteiger charge is -2.22. The van der Waals surface area contributed by atoms with E-state index >= 15 is 0 Å². The van der Waals surface area contributed by atoms with Gasteiger partial charge in [-0.1, -0.05) is 24.3 Å². The number of aliphatic hydroxyl groups is 1. The molecule has 0 bridgehead atoms. The van der Waals surface area contributed by atoms with Gasteiger partial charge in [0.15, 0.2) is 17.6 Å². The number of methoxy groups -OCH3 is 1. The highest BCUT2D eigenvalue weighted by atomic mass is 16.6. The van der Waals surface area contributed by atoms with E-state index in [0.717, 1.165) is 22.1 Å². The normalized spacial score (nSPS) is 13.8. The first kappa shape index (κ1) is 21.0. The molecular formula is C22H22N4O4. The van der Waals surface area contributed by atoms with Crippen molar-refractivity contribution < 1.29 is 19.4 Å². The third-order valence-electron chi connectivity index (χ3n) is 4.82. The Bertz CT molecular complexity index is 1120. The molecule has 0 unspecified atom stereocenters. The monoisotopic (exact) mass is 406 g/mol. The number of carbonyl (C=O) groups is 1. The summed E-state index contributed by atoms with van der Waals surface area (Å²) in [5.41, 5.74) is 6.42. The fourth-order valence-electron chi connectivity index (χ4n) is 3.04. The van der Waals surface area contributed by atoms with Crippen LogP contribution in [0.4, 0.5) is 5.82 Å². The van der Waals surface area contributed by atoms with E-state index in [1.165, 1.54) is 13.1 Å². The van der Waals surface area contributed by atoms with Crippen molar-refractivity contribution in [3.8, 4) is 11.8 Å². The third kappa shape index (κ3) is 4.31. The van der Waals surface area contributed by atoms with E-state index in [1.807, 2.05) is 42.5 Å². The largest absolute Gasteiger partial charge is 0.497 e. The maximum Gasteiger partial charge on any atom is 0.313 e. The lowest BCUT2D eigenvalue weighted by molar-refractivity contribution is -0.156. The second kappa shape index (κ2) is 8.76. The zero-order valence-corrected chi connectivity index (χ0v) is 16.9. The number of carbonyl (C=O) groups excluding carboxylic acids is 1. The number of nitrogens with two attached hydrogens (primary N) is 1. The minimum absolute atomic E-state index is 0.0296. The molecule has 3 N–H and O–H groups in total. The molecule has 0 radical (unpaired) electrons. The number of hydrogen-bond donors (Lipinski definition) is 2. The molecule has 3 rings (SSSR count). The molecule has 0 aliphatic carbocycles. The number of ether oxygens (including phenoxy) is 2. The number of aliphatic hydroxyl groups excluding tert-OH is 1. The maximum absolute atomic E-state index is 12.8. The molecule has 0 saturated carbocycles. The molecular weight excluding hydrogens is 384 g/mol. The van der Waals surface area contributed by atoms with Crippen LogP contribution in [0.15, 0.2) is 42.6 Å². The van der Waals surface area contributed by atoms with E-state index in [1.54, 1.807) is 14.0 Å². The molecule has 0 aliphatic heterocycles. The molecule has 154 valence electrons. The Balaban J connectivity index is 1.84. The summed E-state index contributed by atoms with van der Waals surface area (Å²) in [6.45, 7) is 3.19. The molecule has 3 aromatic rings. The standard InChI is InChI=1S/C22H22N4O4/c1-12(14-4-5-16-9-17(29-3)7-6-15(16)8-14)22(28)30-20(13(2)27)19-11-25-21(24)18(10-23)26-19/h4-9,11-13,20,27H,1-3H3,(H2,24,25)/t12-,13-,20+/m0/s1. The second-order valence-electron chi connectivity index (χ2n) is 6.93. The Labute approximate surface area is 173 Å². The van der Waals surface area contributed by atoms with Gasteiger partial charge in [0.25, 0.3) is 0 Å². The van der Waals surface area contributed by atoms with Crippen molar-refractivity contribution in [1.29, 1.82) is 5.26 Å². The summed E-state index contributed by atoms with van der Waals surface area (Å²) in [6.07, 6.45) is -0.853. The molecule has 8 heteroatoms. The molecule has 0 saturated heterocycles. The molecule has 2 aromatic carbocycles. The average Bonchev–Trinajstić information content (AvgIpc) is 2.76. The van der Waals surface area contributed by atoms with Crippen molar-refractivity contribution in [1.82, 2.24) is 9.97 Å². The van der Waals surface area contributed by atoms with Crippen molar-refractivity contribution in [2.75, 3.05) is 12.8 Å². The van der Waals surface area contributed by atoms with Crippen LogP contribution in [0.2, 0.25) is 0 Å². The lowest BCUT2D eigenvalue weighted by Crippen LogP contribution is -2.25. The smallest absolute Gasteiger partial charge is 0.313 e. The Morgan fingerprint density at radius 2 is 1.90 bits per heavy atom. The van der Waals surface area contributed by atoms with Gasteiger partial charge in [0, 0.05) is 0 Å². The topological polar surface area (TPSA) is 131 Å². The van der Waals surface area contributed by atoms with Crippen LogP contribution < -0.4 is 10.5 Å².